The van der Waals surface area contributed by atoms with Gasteiger partial charge in [-0.3, -0.25) is 9.59 Å². The molecule has 5 heteroatoms. The first-order valence-corrected chi connectivity index (χ1v) is 9.69. The summed E-state index contributed by atoms with van der Waals surface area (Å²) in [6.07, 6.45) is 5.50. The second kappa shape index (κ2) is 7.43. The van der Waals surface area contributed by atoms with Gasteiger partial charge in [0.25, 0.3) is 5.91 Å². The summed E-state index contributed by atoms with van der Waals surface area (Å²) in [5, 5.41) is 6.36. The van der Waals surface area contributed by atoms with Crippen LogP contribution >= 0.6 is 0 Å². The van der Waals surface area contributed by atoms with E-state index in [0.717, 1.165) is 35.3 Å². The van der Waals surface area contributed by atoms with Crippen LogP contribution in [-0.4, -0.2) is 22.8 Å². The number of nitrogens with one attached hydrogen (secondary N) is 2. The standard InChI is InChI=1S/C22H25N3O2/c1-15(26)23-17-13-11-16(12-14-17)21-24-20-10-6-5-9-19(20)22(27)25(21)18-7-3-2-4-8-18/h5-6,9-14,18,21,24H,2-4,7-8H2,1H3,(H,23,26)/t21-/m1/s1. The van der Waals surface area contributed by atoms with Gasteiger partial charge in [0.05, 0.1) is 5.56 Å². The van der Waals surface area contributed by atoms with Crippen molar-refractivity contribution < 1.29 is 9.59 Å². The fourth-order valence-corrected chi connectivity index (χ4v) is 4.20. The maximum Gasteiger partial charge on any atom is 0.258 e. The number of benzene rings is 2. The lowest BCUT2D eigenvalue weighted by molar-refractivity contribution is -0.114. The predicted octanol–water partition coefficient (Wildman–Crippen LogP) is 4.54. The number of carbonyl (C=O) groups is 2. The zero-order chi connectivity index (χ0) is 18.8. The molecular weight excluding hydrogens is 338 g/mol. The molecule has 5 nitrogen and oxygen atoms in total. The first-order valence-electron chi connectivity index (χ1n) is 9.69. The summed E-state index contributed by atoms with van der Waals surface area (Å²) in [5.74, 6) is 0.0127. The van der Waals surface area contributed by atoms with Crippen LogP contribution in [0.25, 0.3) is 0 Å². The first-order chi connectivity index (χ1) is 13.1. The molecule has 2 aromatic carbocycles. The monoisotopic (exact) mass is 363 g/mol. The number of hydrogen-bond donors (Lipinski definition) is 2. The SMILES string of the molecule is CC(=O)Nc1ccc([C@@H]2Nc3ccccc3C(=O)N2C2CCCCC2)cc1. The van der Waals surface area contributed by atoms with Crippen molar-refractivity contribution in [3.05, 3.63) is 59.7 Å². The van der Waals surface area contributed by atoms with E-state index in [2.05, 4.69) is 10.6 Å². The smallest absolute Gasteiger partial charge is 0.258 e. The fraction of sp³-hybridized carbons (Fsp3) is 0.364. The minimum Gasteiger partial charge on any atom is -0.361 e. The van der Waals surface area contributed by atoms with E-state index in [1.54, 1.807) is 0 Å². The Kier molecular flexibility index (Phi) is 4.84. The molecule has 1 aliphatic carbocycles. The molecule has 0 saturated heterocycles. The molecule has 2 N–H and O–H groups in total. The molecule has 140 valence electrons. The van der Waals surface area contributed by atoms with Gasteiger partial charge in [-0.05, 0) is 42.7 Å². The van der Waals surface area contributed by atoms with Crippen LogP contribution in [0.5, 0.6) is 0 Å². The van der Waals surface area contributed by atoms with E-state index >= 15 is 0 Å². The second-order valence-electron chi connectivity index (χ2n) is 7.40. The van der Waals surface area contributed by atoms with E-state index in [1.165, 1.54) is 26.2 Å². The van der Waals surface area contributed by atoms with Crippen LogP contribution in [-0.2, 0) is 4.79 Å². The van der Waals surface area contributed by atoms with E-state index in [0.29, 0.717) is 0 Å². The van der Waals surface area contributed by atoms with Crippen molar-refractivity contribution in [2.45, 2.75) is 51.2 Å². The van der Waals surface area contributed by atoms with Crippen LogP contribution < -0.4 is 10.6 Å². The summed E-state index contributed by atoms with van der Waals surface area (Å²) in [4.78, 5) is 26.6. The quantitative estimate of drug-likeness (QED) is 0.841. The van der Waals surface area contributed by atoms with Gasteiger partial charge in [0.15, 0.2) is 0 Å². The highest BCUT2D eigenvalue weighted by Crippen LogP contribution is 2.38. The average Bonchev–Trinajstić information content (AvgIpc) is 2.69. The van der Waals surface area contributed by atoms with Gasteiger partial charge in [0, 0.05) is 24.3 Å². The lowest BCUT2D eigenvalue weighted by Crippen LogP contribution is -2.49. The lowest BCUT2D eigenvalue weighted by atomic mass is 9.91. The molecule has 0 aromatic heterocycles. The molecule has 2 aromatic rings. The van der Waals surface area contributed by atoms with E-state index in [4.69, 9.17) is 0 Å². The van der Waals surface area contributed by atoms with Gasteiger partial charge in [0.1, 0.15) is 6.17 Å². The van der Waals surface area contributed by atoms with Crippen LogP contribution in [0.3, 0.4) is 0 Å². The van der Waals surface area contributed by atoms with E-state index in [-0.39, 0.29) is 24.0 Å². The molecule has 1 aliphatic heterocycles. The molecule has 0 unspecified atom stereocenters. The summed E-state index contributed by atoms with van der Waals surface area (Å²) in [6.45, 7) is 1.50. The summed E-state index contributed by atoms with van der Waals surface area (Å²) < 4.78 is 0. The third-order valence-corrected chi connectivity index (χ3v) is 5.48. The zero-order valence-electron chi connectivity index (χ0n) is 15.6. The van der Waals surface area contributed by atoms with Gasteiger partial charge >= 0.3 is 0 Å². The van der Waals surface area contributed by atoms with Gasteiger partial charge < -0.3 is 15.5 Å². The van der Waals surface area contributed by atoms with E-state index in [1.807, 2.05) is 53.4 Å². The van der Waals surface area contributed by atoms with E-state index in [9.17, 15) is 9.59 Å². The Hall–Kier alpha value is -2.82. The maximum absolute atomic E-state index is 13.3. The Morgan fingerprint density at radius 1 is 1.04 bits per heavy atom. The largest absolute Gasteiger partial charge is 0.361 e. The summed E-state index contributed by atoms with van der Waals surface area (Å²) in [7, 11) is 0. The van der Waals surface area contributed by atoms with Crippen molar-refractivity contribution >= 4 is 23.2 Å². The highest BCUT2D eigenvalue weighted by Gasteiger charge is 2.37. The van der Waals surface area contributed by atoms with Gasteiger partial charge in [-0.1, -0.05) is 43.5 Å². The van der Waals surface area contributed by atoms with Gasteiger partial charge in [-0.15, -0.1) is 0 Å². The Morgan fingerprint density at radius 2 is 1.74 bits per heavy atom. The third kappa shape index (κ3) is 3.54. The molecule has 2 aliphatic rings. The number of carbonyl (C=O) groups excluding carboxylic acids is 2. The minimum atomic E-state index is -0.193. The second-order valence-corrected chi connectivity index (χ2v) is 7.40. The van der Waals surface area contributed by atoms with Crippen molar-refractivity contribution in [3.8, 4) is 0 Å². The number of nitrogens with zero attached hydrogens (tertiary/aromatic N) is 1. The molecule has 4 rings (SSSR count). The highest BCUT2D eigenvalue weighted by atomic mass is 16.2. The van der Waals surface area contributed by atoms with Crippen LogP contribution in [0, 0.1) is 0 Å². The Bertz CT molecular complexity index is 841. The van der Waals surface area contributed by atoms with Crippen LogP contribution in [0.15, 0.2) is 48.5 Å². The molecule has 1 saturated carbocycles. The summed E-state index contributed by atoms with van der Waals surface area (Å²) in [5.41, 5.74) is 3.41. The Balaban J connectivity index is 1.69. The molecule has 0 radical (unpaired) electrons. The average molecular weight is 363 g/mol. The molecular formula is C22H25N3O2. The fourth-order valence-electron chi connectivity index (χ4n) is 4.20. The Labute approximate surface area is 159 Å². The zero-order valence-corrected chi connectivity index (χ0v) is 15.6. The minimum absolute atomic E-state index is 0.0912. The number of anilines is 2. The van der Waals surface area contributed by atoms with Gasteiger partial charge in [-0.2, -0.15) is 0 Å². The molecule has 2 amide bonds. The third-order valence-electron chi connectivity index (χ3n) is 5.48. The van der Waals surface area contributed by atoms with Crippen molar-refractivity contribution in [1.29, 1.82) is 0 Å². The van der Waals surface area contributed by atoms with E-state index < -0.39 is 0 Å². The highest BCUT2D eigenvalue weighted by molar-refractivity contribution is 6.02. The normalized spacial score (nSPS) is 20.0. The topological polar surface area (TPSA) is 61.4 Å². The van der Waals surface area contributed by atoms with Crippen LogP contribution in [0.4, 0.5) is 11.4 Å². The van der Waals surface area contributed by atoms with Crippen molar-refractivity contribution in [3.63, 3.8) is 0 Å². The van der Waals surface area contributed by atoms with Gasteiger partial charge in [-0.25, -0.2) is 0 Å². The lowest BCUT2D eigenvalue weighted by Gasteiger charge is -2.44. The summed E-state index contributed by atoms with van der Waals surface area (Å²) in [6, 6.07) is 15.7. The number of fused-ring (bicyclic) bond motifs is 1. The number of hydrogen-bond acceptors (Lipinski definition) is 3. The van der Waals surface area contributed by atoms with Crippen molar-refractivity contribution in [1.82, 2.24) is 4.90 Å². The number of amides is 2. The number of para-hydroxylation sites is 1. The summed E-state index contributed by atoms with van der Waals surface area (Å²) >= 11 is 0. The van der Waals surface area contributed by atoms with Crippen LogP contribution in [0.2, 0.25) is 0 Å². The first kappa shape index (κ1) is 17.6. The van der Waals surface area contributed by atoms with Crippen molar-refractivity contribution in [2.75, 3.05) is 10.6 Å². The molecule has 1 heterocycles. The number of rotatable bonds is 3. The molecule has 27 heavy (non-hydrogen) atoms. The van der Waals surface area contributed by atoms with Gasteiger partial charge in [0.2, 0.25) is 5.91 Å². The molecule has 1 fully saturated rings. The predicted molar refractivity (Wildman–Crippen MR) is 107 cm³/mol. The molecule has 1 atom stereocenters. The molecule has 0 spiro atoms. The molecule has 0 bridgehead atoms. The van der Waals surface area contributed by atoms with Crippen molar-refractivity contribution in [2.24, 2.45) is 0 Å². The maximum atomic E-state index is 13.3. The van der Waals surface area contributed by atoms with Crippen LogP contribution in [0.1, 0.15) is 61.1 Å². The Morgan fingerprint density at radius 3 is 2.44 bits per heavy atom.